The van der Waals surface area contributed by atoms with Gasteiger partial charge in [-0.2, -0.15) is 13.2 Å². The first kappa shape index (κ1) is 15.7. The summed E-state index contributed by atoms with van der Waals surface area (Å²) in [5, 5.41) is 0. The summed E-state index contributed by atoms with van der Waals surface area (Å²) in [6.45, 7) is 8.94. The van der Waals surface area contributed by atoms with Crippen LogP contribution in [0.2, 0.25) is 0 Å². The summed E-state index contributed by atoms with van der Waals surface area (Å²) in [4.78, 5) is 2.08. The molecule has 0 unspecified atom stereocenters. The maximum Gasteiger partial charge on any atom is 0.416 e. The van der Waals surface area contributed by atoms with E-state index in [4.69, 9.17) is 0 Å². The maximum atomic E-state index is 12.7. The number of nitrogens with zero attached hydrogens (tertiary/aromatic N) is 1. The number of benzene rings is 2. The Morgan fingerprint density at radius 1 is 1.00 bits per heavy atom. The SMILES string of the molecule is C=C1N(Cc2ccc(C(F)(F)F)cc2)c2ccccc2C1(C)C. The van der Waals surface area contributed by atoms with Crippen molar-refractivity contribution < 1.29 is 13.2 Å². The third kappa shape index (κ3) is 2.62. The van der Waals surface area contributed by atoms with E-state index in [1.807, 2.05) is 18.2 Å². The fraction of sp³-hybridized carbons (Fsp3) is 0.263. The van der Waals surface area contributed by atoms with Gasteiger partial charge in [0.05, 0.1) is 5.56 Å². The Hall–Kier alpha value is -2.23. The standard InChI is InChI=1S/C19H18F3N/c1-13-18(2,3)16-6-4-5-7-17(16)23(13)12-14-8-10-15(11-9-14)19(20,21)22/h4-11H,1,12H2,2-3H3. The molecule has 0 amide bonds. The molecular formula is C19H18F3N. The van der Waals surface area contributed by atoms with Crippen LogP contribution in [0.1, 0.15) is 30.5 Å². The van der Waals surface area contributed by atoms with Gasteiger partial charge in [-0.25, -0.2) is 0 Å². The topological polar surface area (TPSA) is 3.24 Å². The number of fused-ring (bicyclic) bond motifs is 1. The van der Waals surface area contributed by atoms with Crippen molar-refractivity contribution in [2.24, 2.45) is 0 Å². The molecule has 2 aromatic rings. The van der Waals surface area contributed by atoms with Crippen molar-refractivity contribution >= 4 is 5.69 Å². The van der Waals surface area contributed by atoms with Crippen LogP contribution in [-0.2, 0) is 18.1 Å². The average Bonchev–Trinajstić information content (AvgIpc) is 2.69. The first-order valence-electron chi connectivity index (χ1n) is 7.44. The summed E-state index contributed by atoms with van der Waals surface area (Å²) in [6, 6.07) is 13.4. The van der Waals surface area contributed by atoms with Gasteiger partial charge in [0.1, 0.15) is 0 Å². The van der Waals surface area contributed by atoms with Crippen LogP contribution in [0.5, 0.6) is 0 Å². The van der Waals surface area contributed by atoms with Gasteiger partial charge in [0.15, 0.2) is 0 Å². The minimum absolute atomic E-state index is 0.178. The smallest absolute Gasteiger partial charge is 0.340 e. The van der Waals surface area contributed by atoms with Gasteiger partial charge < -0.3 is 4.90 Å². The molecule has 0 radical (unpaired) electrons. The molecule has 0 saturated heterocycles. The van der Waals surface area contributed by atoms with Crippen molar-refractivity contribution in [3.8, 4) is 0 Å². The molecule has 0 saturated carbocycles. The quantitative estimate of drug-likeness (QED) is 0.705. The molecule has 0 spiro atoms. The van der Waals surface area contributed by atoms with E-state index in [2.05, 4.69) is 31.4 Å². The molecule has 1 nitrogen and oxygen atoms in total. The molecule has 1 aliphatic heterocycles. The highest BCUT2D eigenvalue weighted by Crippen LogP contribution is 2.47. The number of para-hydroxylation sites is 1. The second-order valence-electron chi connectivity index (χ2n) is 6.37. The lowest BCUT2D eigenvalue weighted by Crippen LogP contribution is -2.24. The minimum Gasteiger partial charge on any atom is -0.340 e. The summed E-state index contributed by atoms with van der Waals surface area (Å²) in [5.74, 6) is 0. The predicted molar refractivity (Wildman–Crippen MR) is 86.2 cm³/mol. The summed E-state index contributed by atoms with van der Waals surface area (Å²) in [5.41, 5.74) is 3.24. The fourth-order valence-corrected chi connectivity index (χ4v) is 3.04. The van der Waals surface area contributed by atoms with Crippen molar-refractivity contribution in [2.45, 2.75) is 32.0 Å². The van der Waals surface area contributed by atoms with Crippen LogP contribution in [0.3, 0.4) is 0 Å². The van der Waals surface area contributed by atoms with Crippen LogP contribution in [0.25, 0.3) is 0 Å². The van der Waals surface area contributed by atoms with Crippen LogP contribution in [0, 0.1) is 0 Å². The molecule has 0 aromatic heterocycles. The van der Waals surface area contributed by atoms with Crippen molar-refractivity contribution in [1.82, 2.24) is 0 Å². The maximum absolute atomic E-state index is 12.7. The fourth-order valence-electron chi connectivity index (χ4n) is 3.04. The Bertz CT molecular complexity index is 742. The first-order chi connectivity index (χ1) is 10.7. The van der Waals surface area contributed by atoms with E-state index >= 15 is 0 Å². The zero-order valence-electron chi connectivity index (χ0n) is 13.1. The van der Waals surface area contributed by atoms with Crippen molar-refractivity contribution in [3.05, 3.63) is 77.5 Å². The Morgan fingerprint density at radius 3 is 2.22 bits per heavy atom. The molecule has 4 heteroatoms. The number of alkyl halides is 3. The largest absolute Gasteiger partial charge is 0.416 e. The zero-order chi connectivity index (χ0) is 16.8. The van der Waals surface area contributed by atoms with Crippen molar-refractivity contribution in [1.29, 1.82) is 0 Å². The molecule has 23 heavy (non-hydrogen) atoms. The number of hydrogen-bond donors (Lipinski definition) is 0. The van der Waals surface area contributed by atoms with Crippen LogP contribution >= 0.6 is 0 Å². The van der Waals surface area contributed by atoms with Gasteiger partial charge in [-0.1, -0.05) is 50.8 Å². The monoisotopic (exact) mass is 317 g/mol. The van der Waals surface area contributed by atoms with E-state index in [9.17, 15) is 13.2 Å². The number of rotatable bonds is 2. The van der Waals surface area contributed by atoms with E-state index in [0.717, 1.165) is 29.1 Å². The lowest BCUT2D eigenvalue weighted by atomic mass is 9.84. The second-order valence-corrected chi connectivity index (χ2v) is 6.37. The Labute approximate surface area is 134 Å². The van der Waals surface area contributed by atoms with E-state index in [1.165, 1.54) is 17.7 Å². The van der Waals surface area contributed by atoms with Crippen molar-refractivity contribution in [3.63, 3.8) is 0 Å². The average molecular weight is 317 g/mol. The van der Waals surface area contributed by atoms with Gasteiger partial charge in [0.25, 0.3) is 0 Å². The van der Waals surface area contributed by atoms with Gasteiger partial charge >= 0.3 is 6.18 Å². The molecule has 2 aromatic carbocycles. The van der Waals surface area contributed by atoms with Gasteiger partial charge in [0, 0.05) is 23.3 Å². The van der Waals surface area contributed by atoms with Crippen LogP contribution in [-0.4, -0.2) is 0 Å². The van der Waals surface area contributed by atoms with E-state index < -0.39 is 11.7 Å². The van der Waals surface area contributed by atoms with E-state index in [1.54, 1.807) is 0 Å². The number of halogens is 3. The van der Waals surface area contributed by atoms with E-state index in [0.29, 0.717) is 6.54 Å². The van der Waals surface area contributed by atoms with Gasteiger partial charge in [-0.3, -0.25) is 0 Å². The molecule has 3 rings (SSSR count). The normalized spacial score (nSPS) is 16.6. The Kier molecular flexibility index (Phi) is 3.51. The molecule has 1 heterocycles. The van der Waals surface area contributed by atoms with E-state index in [-0.39, 0.29) is 5.41 Å². The Morgan fingerprint density at radius 2 is 1.61 bits per heavy atom. The molecule has 0 atom stereocenters. The highest BCUT2D eigenvalue weighted by molar-refractivity contribution is 5.69. The molecule has 0 bridgehead atoms. The number of anilines is 1. The molecule has 0 aliphatic carbocycles. The highest BCUT2D eigenvalue weighted by atomic mass is 19.4. The minimum atomic E-state index is -4.30. The Balaban J connectivity index is 1.90. The molecule has 1 aliphatic rings. The van der Waals surface area contributed by atoms with Crippen LogP contribution in [0.15, 0.2) is 60.8 Å². The molecule has 0 fully saturated rings. The summed E-state index contributed by atoms with van der Waals surface area (Å²) in [6.07, 6.45) is -4.30. The third-order valence-corrected chi connectivity index (χ3v) is 4.54. The molecular weight excluding hydrogens is 299 g/mol. The van der Waals surface area contributed by atoms with Gasteiger partial charge in [0.2, 0.25) is 0 Å². The first-order valence-corrected chi connectivity index (χ1v) is 7.44. The lowest BCUT2D eigenvalue weighted by Gasteiger charge is -2.26. The summed E-state index contributed by atoms with van der Waals surface area (Å²) >= 11 is 0. The van der Waals surface area contributed by atoms with Crippen molar-refractivity contribution in [2.75, 3.05) is 4.90 Å². The second kappa shape index (κ2) is 5.15. The van der Waals surface area contributed by atoms with Crippen LogP contribution in [0.4, 0.5) is 18.9 Å². The zero-order valence-corrected chi connectivity index (χ0v) is 13.1. The van der Waals surface area contributed by atoms with Gasteiger partial charge in [-0.05, 0) is 29.3 Å². The predicted octanol–water partition coefficient (Wildman–Crippen LogP) is 5.52. The summed E-state index contributed by atoms with van der Waals surface area (Å²) in [7, 11) is 0. The molecule has 0 N–H and O–H groups in total. The molecule has 120 valence electrons. The summed E-state index contributed by atoms with van der Waals surface area (Å²) < 4.78 is 38.0. The number of hydrogen-bond acceptors (Lipinski definition) is 1. The highest BCUT2D eigenvalue weighted by Gasteiger charge is 2.38. The van der Waals surface area contributed by atoms with Gasteiger partial charge in [-0.15, -0.1) is 0 Å². The third-order valence-electron chi connectivity index (χ3n) is 4.54. The van der Waals surface area contributed by atoms with Crippen LogP contribution < -0.4 is 4.90 Å². The number of allylic oxidation sites excluding steroid dienone is 1. The lowest BCUT2D eigenvalue weighted by molar-refractivity contribution is -0.137.